The maximum atomic E-state index is 12.5. The smallest absolute Gasteiger partial charge is 0.309 e. The minimum atomic E-state index is -0.725. The van der Waals surface area contributed by atoms with Crippen molar-refractivity contribution in [3.8, 4) is 0 Å². The molecule has 2 rings (SSSR count). The van der Waals surface area contributed by atoms with Crippen LogP contribution < -0.4 is 0 Å². The third kappa shape index (κ3) is 2.98. The molecule has 1 N–H and O–H groups in total. The van der Waals surface area contributed by atoms with E-state index in [1.54, 1.807) is 11.3 Å². The number of thiophene rings is 1. The lowest BCUT2D eigenvalue weighted by atomic mass is 9.76. The first-order valence-corrected chi connectivity index (χ1v) is 8.37. The van der Waals surface area contributed by atoms with Gasteiger partial charge in [0.25, 0.3) is 5.91 Å². The van der Waals surface area contributed by atoms with Gasteiger partial charge in [-0.05, 0) is 44.2 Å². The molecule has 2 heterocycles. The van der Waals surface area contributed by atoms with Gasteiger partial charge in [0.15, 0.2) is 0 Å². The molecule has 0 spiro atoms. The second kappa shape index (κ2) is 6.18. The molecule has 0 bridgehead atoms. The molecule has 0 radical (unpaired) electrons. The van der Waals surface area contributed by atoms with Crippen LogP contribution >= 0.6 is 11.3 Å². The summed E-state index contributed by atoms with van der Waals surface area (Å²) in [6, 6.07) is 1.96. The number of rotatable bonds is 4. The van der Waals surface area contributed by atoms with Crippen molar-refractivity contribution in [2.45, 2.75) is 46.5 Å². The van der Waals surface area contributed by atoms with Gasteiger partial charge in [-0.3, -0.25) is 9.59 Å². The van der Waals surface area contributed by atoms with Crippen LogP contribution in [0.25, 0.3) is 0 Å². The molecule has 0 aromatic carbocycles. The van der Waals surface area contributed by atoms with Crippen LogP contribution in [0.1, 0.15) is 53.2 Å². The van der Waals surface area contributed by atoms with E-state index in [1.807, 2.05) is 24.8 Å². The number of carboxylic acid groups (broad SMARTS) is 1. The summed E-state index contributed by atoms with van der Waals surface area (Å²) < 4.78 is 0. The molecule has 1 saturated heterocycles. The van der Waals surface area contributed by atoms with Gasteiger partial charge < -0.3 is 10.0 Å². The molecule has 1 aliphatic heterocycles. The quantitative estimate of drug-likeness (QED) is 0.928. The minimum absolute atomic E-state index is 0.0536. The fourth-order valence-electron chi connectivity index (χ4n) is 2.99. The first-order chi connectivity index (χ1) is 9.93. The summed E-state index contributed by atoms with van der Waals surface area (Å²) in [6.07, 6.45) is 2.68. The summed E-state index contributed by atoms with van der Waals surface area (Å²) >= 11 is 1.57. The van der Waals surface area contributed by atoms with Crippen molar-refractivity contribution in [1.29, 1.82) is 0 Å². The van der Waals surface area contributed by atoms with Crippen LogP contribution in [0.5, 0.6) is 0 Å². The van der Waals surface area contributed by atoms with E-state index in [2.05, 4.69) is 6.92 Å². The molecule has 1 fully saturated rings. The maximum Gasteiger partial charge on any atom is 0.309 e. The highest BCUT2D eigenvalue weighted by atomic mass is 32.1. The average Bonchev–Trinajstić information content (AvgIpc) is 2.87. The number of carbonyl (C=O) groups is 2. The highest BCUT2D eigenvalue weighted by Crippen LogP contribution is 2.36. The van der Waals surface area contributed by atoms with Crippen molar-refractivity contribution in [3.05, 3.63) is 21.4 Å². The van der Waals surface area contributed by atoms with Gasteiger partial charge in [0.05, 0.1) is 10.3 Å². The monoisotopic (exact) mass is 309 g/mol. The van der Waals surface area contributed by atoms with E-state index >= 15 is 0 Å². The third-order valence-corrected chi connectivity index (χ3v) is 6.06. The molecule has 4 nitrogen and oxygen atoms in total. The molecule has 1 aliphatic rings. The number of aryl methyl sites for hydroxylation is 2. The van der Waals surface area contributed by atoms with Gasteiger partial charge in [-0.2, -0.15) is 0 Å². The fourth-order valence-corrected chi connectivity index (χ4v) is 4.07. The average molecular weight is 309 g/mol. The second-order valence-corrected chi connectivity index (χ2v) is 6.94. The zero-order chi connectivity index (χ0) is 15.6. The van der Waals surface area contributed by atoms with Crippen LogP contribution in [0, 0.1) is 12.3 Å². The molecule has 0 aliphatic carbocycles. The molecular weight excluding hydrogens is 286 g/mol. The zero-order valence-electron chi connectivity index (χ0n) is 12.9. The van der Waals surface area contributed by atoms with Gasteiger partial charge in [0.2, 0.25) is 0 Å². The maximum absolute atomic E-state index is 12.5. The Bertz CT molecular complexity index is 542. The first kappa shape index (κ1) is 16.0. The van der Waals surface area contributed by atoms with E-state index in [1.165, 1.54) is 10.4 Å². The minimum Gasteiger partial charge on any atom is -0.481 e. The fraction of sp³-hybridized carbons (Fsp3) is 0.625. The standard InChI is InChI=1S/C16H23NO3S/c1-4-12-11(3)10-13(21-12)14(18)17-8-6-16(5-2,7-9-17)15(19)20/h10H,4-9H2,1-3H3,(H,19,20). The van der Waals surface area contributed by atoms with Crippen LogP contribution in [0.2, 0.25) is 0 Å². The van der Waals surface area contributed by atoms with Gasteiger partial charge >= 0.3 is 5.97 Å². The molecule has 116 valence electrons. The van der Waals surface area contributed by atoms with Crippen molar-refractivity contribution < 1.29 is 14.7 Å². The van der Waals surface area contributed by atoms with Crippen molar-refractivity contribution >= 4 is 23.2 Å². The molecule has 1 aromatic rings. The SMILES string of the molecule is CCc1sc(C(=O)N2CCC(CC)(C(=O)O)CC2)cc1C. The number of nitrogens with zero attached hydrogens (tertiary/aromatic N) is 1. The van der Waals surface area contributed by atoms with Crippen LogP contribution in [-0.2, 0) is 11.2 Å². The van der Waals surface area contributed by atoms with Crippen LogP contribution in [0.3, 0.4) is 0 Å². The second-order valence-electron chi connectivity index (χ2n) is 5.80. The predicted octanol–water partition coefficient (Wildman–Crippen LogP) is 3.34. The van der Waals surface area contributed by atoms with E-state index in [0.29, 0.717) is 32.4 Å². The summed E-state index contributed by atoms with van der Waals surface area (Å²) in [5, 5.41) is 9.40. The molecular formula is C16H23NO3S. The van der Waals surface area contributed by atoms with E-state index in [-0.39, 0.29) is 5.91 Å². The predicted molar refractivity (Wildman–Crippen MR) is 83.9 cm³/mol. The Morgan fingerprint density at radius 3 is 2.38 bits per heavy atom. The largest absolute Gasteiger partial charge is 0.481 e. The molecule has 21 heavy (non-hydrogen) atoms. The van der Waals surface area contributed by atoms with Crippen molar-refractivity contribution in [2.24, 2.45) is 5.41 Å². The lowest BCUT2D eigenvalue weighted by molar-refractivity contribution is -0.152. The number of hydrogen-bond acceptors (Lipinski definition) is 3. The number of aliphatic carboxylic acids is 1. The van der Waals surface area contributed by atoms with Crippen LogP contribution in [0.4, 0.5) is 0 Å². The lowest BCUT2D eigenvalue weighted by Crippen LogP contribution is -2.46. The van der Waals surface area contributed by atoms with E-state index in [9.17, 15) is 14.7 Å². The van der Waals surface area contributed by atoms with Gasteiger partial charge in [0, 0.05) is 18.0 Å². The van der Waals surface area contributed by atoms with Gasteiger partial charge in [-0.1, -0.05) is 13.8 Å². The zero-order valence-corrected chi connectivity index (χ0v) is 13.8. The lowest BCUT2D eigenvalue weighted by Gasteiger charge is -2.38. The number of amides is 1. The number of likely N-dealkylation sites (tertiary alicyclic amines) is 1. The Labute approximate surface area is 129 Å². The van der Waals surface area contributed by atoms with Crippen LogP contribution in [-0.4, -0.2) is 35.0 Å². The normalized spacial score (nSPS) is 17.8. The van der Waals surface area contributed by atoms with Gasteiger partial charge in [0.1, 0.15) is 0 Å². The number of carbonyl (C=O) groups excluding carboxylic acids is 1. The van der Waals surface area contributed by atoms with E-state index in [0.717, 1.165) is 11.3 Å². The number of hydrogen-bond donors (Lipinski definition) is 1. The summed E-state index contributed by atoms with van der Waals surface area (Å²) in [6.45, 7) is 7.13. The van der Waals surface area contributed by atoms with E-state index in [4.69, 9.17) is 0 Å². The van der Waals surface area contributed by atoms with Gasteiger partial charge in [-0.25, -0.2) is 0 Å². The summed E-state index contributed by atoms with van der Waals surface area (Å²) in [5.74, 6) is -0.671. The van der Waals surface area contributed by atoms with Crippen molar-refractivity contribution in [2.75, 3.05) is 13.1 Å². The topological polar surface area (TPSA) is 57.6 Å². The summed E-state index contributed by atoms with van der Waals surface area (Å²) in [7, 11) is 0. The number of carboxylic acids is 1. The van der Waals surface area contributed by atoms with E-state index < -0.39 is 11.4 Å². The van der Waals surface area contributed by atoms with Gasteiger partial charge in [-0.15, -0.1) is 11.3 Å². The highest BCUT2D eigenvalue weighted by molar-refractivity contribution is 7.14. The third-order valence-electron chi connectivity index (χ3n) is 4.69. The number of piperidine rings is 1. The Hall–Kier alpha value is -1.36. The Morgan fingerprint density at radius 2 is 1.95 bits per heavy atom. The Morgan fingerprint density at radius 1 is 1.33 bits per heavy atom. The van der Waals surface area contributed by atoms with Crippen molar-refractivity contribution in [1.82, 2.24) is 4.90 Å². The molecule has 1 amide bonds. The molecule has 0 unspecified atom stereocenters. The first-order valence-electron chi connectivity index (χ1n) is 7.55. The Balaban J connectivity index is 2.08. The van der Waals surface area contributed by atoms with Crippen LogP contribution in [0.15, 0.2) is 6.07 Å². The molecule has 5 heteroatoms. The molecule has 0 atom stereocenters. The highest BCUT2D eigenvalue weighted by Gasteiger charge is 2.41. The molecule has 1 aromatic heterocycles. The molecule has 0 saturated carbocycles. The van der Waals surface area contributed by atoms with Crippen molar-refractivity contribution in [3.63, 3.8) is 0 Å². The summed E-state index contributed by atoms with van der Waals surface area (Å²) in [5.41, 5.74) is 0.535. The summed E-state index contributed by atoms with van der Waals surface area (Å²) in [4.78, 5) is 27.8. The Kier molecular flexibility index (Phi) is 4.71.